The van der Waals surface area contributed by atoms with Crippen molar-refractivity contribution in [3.05, 3.63) is 113 Å². The third-order valence-corrected chi connectivity index (χ3v) is 8.85. The van der Waals surface area contributed by atoms with Gasteiger partial charge in [-0.15, -0.1) is 0 Å². The molecule has 0 atom stereocenters. The quantitative estimate of drug-likeness (QED) is 0.157. The Balaban J connectivity index is 1.44. The molecule has 5 heterocycles. The summed E-state index contributed by atoms with van der Waals surface area (Å²) in [5, 5.41) is 7.42. The molecular formula is C32H20N8O3S. The van der Waals surface area contributed by atoms with Crippen LogP contribution in [0.5, 0.6) is 0 Å². The minimum atomic E-state index is -4.58. The molecule has 12 heteroatoms. The van der Waals surface area contributed by atoms with Gasteiger partial charge in [-0.3, -0.25) is 4.55 Å². The van der Waals surface area contributed by atoms with Crippen molar-refractivity contribution in [2.45, 2.75) is 4.90 Å². The van der Waals surface area contributed by atoms with Gasteiger partial charge >= 0.3 is 0 Å². The Kier molecular flexibility index (Phi) is 4.96. The maximum Gasteiger partial charge on any atom is 0.295 e. The van der Waals surface area contributed by atoms with Crippen molar-refractivity contribution in [3.8, 4) is 0 Å². The summed E-state index contributed by atoms with van der Waals surface area (Å²) in [6.45, 7) is 0. The number of fused-ring (bicyclic) bond motifs is 19. The number of nitrogens with one attached hydrogen (secondary N) is 4. The number of aromatic nitrogens is 3. The van der Waals surface area contributed by atoms with Gasteiger partial charge in [-0.2, -0.15) is 8.42 Å². The van der Waals surface area contributed by atoms with E-state index in [4.69, 9.17) is 20.0 Å². The van der Waals surface area contributed by atoms with Gasteiger partial charge in [0.25, 0.3) is 10.1 Å². The number of benzene rings is 4. The number of aliphatic imine (C=N–C) groups is 2. The van der Waals surface area contributed by atoms with Crippen molar-refractivity contribution in [1.82, 2.24) is 15.0 Å². The Bertz CT molecular complexity index is 2680. The second-order valence-electron chi connectivity index (χ2n) is 10.5. The first kappa shape index (κ1) is 24.7. The van der Waals surface area contributed by atoms with Gasteiger partial charge in [0.15, 0.2) is 11.7 Å². The molecule has 8 bridgehead atoms. The summed E-state index contributed by atoms with van der Waals surface area (Å²) in [5.41, 5.74) is 2.80. The molecule has 0 amide bonds. The largest absolute Gasteiger partial charge is 0.327 e. The van der Waals surface area contributed by atoms with Crippen LogP contribution in [0.4, 0.5) is 23.3 Å². The zero-order valence-corrected chi connectivity index (χ0v) is 23.4. The predicted octanol–water partition coefficient (Wildman–Crippen LogP) is 5.54. The Morgan fingerprint density at radius 2 is 1.09 bits per heavy atom. The van der Waals surface area contributed by atoms with E-state index in [1.807, 2.05) is 72.8 Å². The molecule has 0 aliphatic carbocycles. The van der Waals surface area contributed by atoms with Crippen LogP contribution in [0.2, 0.25) is 0 Å². The zero-order chi connectivity index (χ0) is 29.6. The van der Waals surface area contributed by atoms with E-state index in [9.17, 15) is 13.0 Å². The molecule has 11 nitrogen and oxygen atoms in total. The molecule has 0 radical (unpaired) electrons. The van der Waals surface area contributed by atoms with Crippen molar-refractivity contribution in [2.75, 3.05) is 5.32 Å². The summed E-state index contributed by atoms with van der Waals surface area (Å²) in [5.74, 6) is 2.88. The Morgan fingerprint density at radius 3 is 1.82 bits per heavy atom. The molecule has 44 heavy (non-hydrogen) atoms. The first-order chi connectivity index (χ1) is 21.4. The van der Waals surface area contributed by atoms with Crippen LogP contribution in [0, 0.1) is 0 Å². The average molecular weight is 597 g/mol. The molecule has 0 unspecified atom stereocenters. The lowest BCUT2D eigenvalue weighted by Gasteiger charge is -2.06. The fraction of sp³-hybridized carbons (Fsp3) is 0. The van der Waals surface area contributed by atoms with Crippen LogP contribution in [0.3, 0.4) is 0 Å². The maximum absolute atomic E-state index is 12.5. The predicted molar refractivity (Wildman–Crippen MR) is 169 cm³/mol. The molecule has 9 rings (SSSR count). The number of rotatable bonds is 1. The summed E-state index contributed by atoms with van der Waals surface area (Å²) in [6.07, 6.45) is 0. The highest BCUT2D eigenvalue weighted by Crippen LogP contribution is 2.40. The monoisotopic (exact) mass is 596 g/mol. The molecule has 212 valence electrons. The van der Waals surface area contributed by atoms with E-state index in [0.717, 1.165) is 32.7 Å². The number of nitrogens with zero attached hydrogens (tertiary/aromatic N) is 4. The number of anilines is 2. The lowest BCUT2D eigenvalue weighted by atomic mass is 10.1. The SMILES string of the molecule is O=S(=O)(O)c1cccc2c3[nH]c(c12)Nc1[nH]c(c2ccccc12)N=C1N=C(N=c2[nH]c(c4ccccc24)=N3)c2ccccc21. The lowest BCUT2D eigenvalue weighted by Crippen LogP contribution is -2.13. The van der Waals surface area contributed by atoms with Crippen LogP contribution in [0.25, 0.3) is 32.3 Å². The summed E-state index contributed by atoms with van der Waals surface area (Å²) in [7, 11) is -4.58. The van der Waals surface area contributed by atoms with E-state index in [1.54, 1.807) is 12.1 Å². The molecule has 2 aliphatic heterocycles. The molecule has 5 N–H and O–H groups in total. The van der Waals surface area contributed by atoms with Gasteiger partial charge in [0.1, 0.15) is 39.1 Å². The van der Waals surface area contributed by atoms with Crippen LogP contribution in [-0.2, 0) is 10.1 Å². The van der Waals surface area contributed by atoms with Gasteiger partial charge in [0.2, 0.25) is 0 Å². The Morgan fingerprint density at radius 1 is 0.523 bits per heavy atom. The molecule has 2 aliphatic rings. The van der Waals surface area contributed by atoms with Crippen LogP contribution < -0.4 is 16.3 Å². The summed E-state index contributed by atoms with van der Waals surface area (Å²) >= 11 is 0. The first-order valence-electron chi connectivity index (χ1n) is 13.7. The van der Waals surface area contributed by atoms with Gasteiger partial charge in [0, 0.05) is 43.4 Å². The molecular weight excluding hydrogens is 576 g/mol. The third kappa shape index (κ3) is 3.62. The maximum atomic E-state index is 12.5. The van der Waals surface area contributed by atoms with Crippen molar-refractivity contribution < 1.29 is 13.0 Å². The summed E-state index contributed by atoms with van der Waals surface area (Å²) < 4.78 is 35.3. The van der Waals surface area contributed by atoms with Gasteiger partial charge in [-0.05, 0) is 6.07 Å². The van der Waals surface area contributed by atoms with Crippen molar-refractivity contribution in [2.24, 2.45) is 20.0 Å². The molecule has 3 aromatic heterocycles. The summed E-state index contributed by atoms with van der Waals surface area (Å²) in [4.78, 5) is 29.5. The fourth-order valence-corrected chi connectivity index (χ4v) is 6.73. The van der Waals surface area contributed by atoms with Crippen LogP contribution in [0.15, 0.2) is 116 Å². The van der Waals surface area contributed by atoms with Crippen LogP contribution >= 0.6 is 0 Å². The van der Waals surface area contributed by atoms with E-state index in [0.29, 0.717) is 51.3 Å². The second-order valence-corrected chi connectivity index (χ2v) is 11.9. The highest BCUT2D eigenvalue weighted by molar-refractivity contribution is 7.86. The van der Waals surface area contributed by atoms with Gasteiger partial charge < -0.3 is 20.3 Å². The molecule has 0 saturated carbocycles. The van der Waals surface area contributed by atoms with E-state index in [1.165, 1.54) is 6.07 Å². The average Bonchev–Trinajstić information content (AvgIpc) is 3.76. The molecule has 0 spiro atoms. The first-order valence-corrected chi connectivity index (χ1v) is 15.2. The van der Waals surface area contributed by atoms with Gasteiger partial charge in [0.05, 0.1) is 0 Å². The van der Waals surface area contributed by atoms with Crippen molar-refractivity contribution in [1.29, 1.82) is 0 Å². The summed E-state index contributed by atoms with van der Waals surface area (Å²) in [6, 6.07) is 28.0. The number of aromatic amines is 3. The van der Waals surface area contributed by atoms with E-state index >= 15 is 0 Å². The minimum Gasteiger partial charge on any atom is -0.327 e. The minimum absolute atomic E-state index is 0.249. The number of H-pyrrole nitrogens is 3. The molecule has 4 aromatic carbocycles. The normalized spacial score (nSPS) is 14.1. The molecule has 0 saturated heterocycles. The van der Waals surface area contributed by atoms with Gasteiger partial charge in [-0.1, -0.05) is 84.9 Å². The zero-order valence-electron chi connectivity index (χ0n) is 22.6. The lowest BCUT2D eigenvalue weighted by molar-refractivity contribution is 0.484. The highest BCUT2D eigenvalue weighted by atomic mass is 32.2. The number of amidine groups is 2. The fourth-order valence-electron chi connectivity index (χ4n) is 6.01. The third-order valence-electron chi connectivity index (χ3n) is 7.95. The van der Waals surface area contributed by atoms with Crippen LogP contribution in [-0.4, -0.2) is 39.6 Å². The smallest absolute Gasteiger partial charge is 0.295 e. The van der Waals surface area contributed by atoms with Crippen molar-refractivity contribution >= 4 is 77.4 Å². The van der Waals surface area contributed by atoms with Crippen molar-refractivity contribution in [3.63, 3.8) is 0 Å². The van der Waals surface area contributed by atoms with E-state index < -0.39 is 10.1 Å². The highest BCUT2D eigenvalue weighted by Gasteiger charge is 2.25. The Hall–Kier alpha value is -5.85. The number of hydrogen-bond donors (Lipinski definition) is 5. The molecule has 0 fully saturated rings. The topological polar surface area (TPSA) is 163 Å². The number of hydrogen-bond acceptors (Lipinski definition) is 7. The van der Waals surface area contributed by atoms with E-state index in [-0.39, 0.29) is 10.3 Å². The van der Waals surface area contributed by atoms with Gasteiger partial charge in [-0.25, -0.2) is 20.0 Å². The van der Waals surface area contributed by atoms with Crippen LogP contribution in [0.1, 0.15) is 11.1 Å². The Labute approximate surface area is 248 Å². The molecule has 7 aromatic rings. The van der Waals surface area contributed by atoms with E-state index in [2.05, 4.69) is 20.3 Å². The standard InChI is InChI=1S/C32H20N8O3S/c41-44(42,43)23-15-7-14-22-24(23)32-39-30-21-13-6-5-12-20(21)28(37-30)35-26-17-9-2-1-8-16(17)25(33-26)34-27-18-10-3-4-11-19(18)29(36-27)38-31(22)40-32/h1-15,37,39-40H,(H,41,42,43)(H,33,34,35,36,38). The second kappa shape index (κ2) is 8.83.